The number of carboxylic acids is 1. The van der Waals surface area contributed by atoms with Crippen LogP contribution in [0.2, 0.25) is 0 Å². The number of carbonyl (C=O) groups is 1. The van der Waals surface area contributed by atoms with Crippen LogP contribution in [0.4, 0.5) is 5.82 Å². The zero-order chi connectivity index (χ0) is 14.7. The Labute approximate surface area is 123 Å². The van der Waals surface area contributed by atoms with Crippen molar-refractivity contribution in [2.75, 3.05) is 11.9 Å². The van der Waals surface area contributed by atoms with E-state index < -0.39 is 5.97 Å². The first kappa shape index (κ1) is 13.9. The van der Waals surface area contributed by atoms with Gasteiger partial charge in [0.2, 0.25) is 0 Å². The number of fused-ring (bicyclic) bond motifs is 1. The molecule has 112 valence electrons. The number of carboxylic acid groups (broad SMARTS) is 1. The number of nitrogens with one attached hydrogen (secondary N) is 1. The van der Waals surface area contributed by atoms with Gasteiger partial charge in [-0.3, -0.25) is 4.79 Å². The smallest absolute Gasteiger partial charge is 0.303 e. The lowest BCUT2D eigenvalue weighted by Gasteiger charge is -2.36. The van der Waals surface area contributed by atoms with E-state index >= 15 is 0 Å². The van der Waals surface area contributed by atoms with E-state index in [0.717, 1.165) is 42.5 Å². The summed E-state index contributed by atoms with van der Waals surface area (Å²) in [6.45, 7) is 0.649. The number of hydrogen-bond donors (Lipinski definition) is 2. The molecule has 2 N–H and O–H groups in total. The number of nitrogens with zero attached hydrogens (tertiary/aromatic N) is 1. The van der Waals surface area contributed by atoms with Crippen molar-refractivity contribution in [3.05, 3.63) is 24.6 Å². The van der Waals surface area contributed by atoms with E-state index in [-0.39, 0.29) is 11.8 Å². The Morgan fingerprint density at radius 1 is 1.33 bits per heavy atom. The minimum absolute atomic E-state index is 0.155. The third-order valence-corrected chi connectivity index (χ3v) is 4.45. The lowest BCUT2D eigenvalue weighted by atomic mass is 9.71. The highest BCUT2D eigenvalue weighted by Gasteiger charge is 2.34. The lowest BCUT2D eigenvalue weighted by Crippen LogP contribution is -2.34. The molecule has 1 aliphatic carbocycles. The van der Waals surface area contributed by atoms with Gasteiger partial charge in [-0.15, -0.1) is 0 Å². The van der Waals surface area contributed by atoms with Gasteiger partial charge in [-0.05, 0) is 30.4 Å². The van der Waals surface area contributed by atoms with Gasteiger partial charge in [0.15, 0.2) is 0 Å². The molecule has 0 aromatic carbocycles. The van der Waals surface area contributed by atoms with E-state index in [4.69, 9.17) is 4.42 Å². The number of pyridine rings is 1. The zero-order valence-electron chi connectivity index (χ0n) is 12.0. The topological polar surface area (TPSA) is 75.4 Å². The highest BCUT2D eigenvalue weighted by Crippen LogP contribution is 2.39. The first-order valence-electron chi connectivity index (χ1n) is 7.46. The largest absolute Gasteiger partial charge is 0.481 e. The second-order valence-electron chi connectivity index (χ2n) is 5.98. The molecule has 0 aliphatic heterocycles. The van der Waals surface area contributed by atoms with Crippen LogP contribution in [0.1, 0.15) is 38.5 Å². The van der Waals surface area contributed by atoms with Crippen LogP contribution in [0, 0.1) is 5.41 Å². The Kier molecular flexibility index (Phi) is 3.82. The molecule has 21 heavy (non-hydrogen) atoms. The summed E-state index contributed by atoms with van der Waals surface area (Å²) in [7, 11) is 0. The molecule has 0 bridgehead atoms. The third-order valence-electron chi connectivity index (χ3n) is 4.45. The Bertz CT molecular complexity index is 629. The van der Waals surface area contributed by atoms with Crippen molar-refractivity contribution in [1.82, 2.24) is 4.98 Å². The summed E-state index contributed by atoms with van der Waals surface area (Å²) in [4.78, 5) is 15.6. The van der Waals surface area contributed by atoms with Gasteiger partial charge in [0.1, 0.15) is 11.4 Å². The second-order valence-corrected chi connectivity index (χ2v) is 5.98. The second kappa shape index (κ2) is 5.76. The zero-order valence-corrected chi connectivity index (χ0v) is 12.0. The monoisotopic (exact) mass is 288 g/mol. The summed E-state index contributed by atoms with van der Waals surface area (Å²) >= 11 is 0. The predicted octanol–water partition coefficient (Wildman–Crippen LogP) is 3.66. The Hall–Kier alpha value is -2.04. The van der Waals surface area contributed by atoms with Crippen molar-refractivity contribution in [3.8, 4) is 0 Å². The summed E-state index contributed by atoms with van der Waals surface area (Å²) in [5, 5.41) is 13.5. The summed E-state index contributed by atoms with van der Waals surface area (Å²) in [5.41, 5.74) is 0.640. The van der Waals surface area contributed by atoms with E-state index in [1.165, 1.54) is 6.42 Å². The molecule has 2 heterocycles. The molecule has 5 heteroatoms. The SMILES string of the molecule is O=C(O)CC1(CNc2nccc3occc23)CCCCC1. The molecule has 2 aromatic rings. The summed E-state index contributed by atoms with van der Waals surface area (Å²) < 4.78 is 5.37. The number of hydrogen-bond acceptors (Lipinski definition) is 4. The fraction of sp³-hybridized carbons (Fsp3) is 0.500. The molecule has 1 saturated carbocycles. The van der Waals surface area contributed by atoms with Crippen LogP contribution in [-0.2, 0) is 4.79 Å². The van der Waals surface area contributed by atoms with E-state index in [0.29, 0.717) is 6.54 Å². The molecule has 0 radical (unpaired) electrons. The van der Waals surface area contributed by atoms with Gasteiger partial charge in [0.05, 0.1) is 18.1 Å². The van der Waals surface area contributed by atoms with Crippen LogP contribution in [-0.4, -0.2) is 22.6 Å². The number of anilines is 1. The maximum Gasteiger partial charge on any atom is 0.303 e. The molecule has 2 aromatic heterocycles. The average Bonchev–Trinajstić information content (AvgIpc) is 2.94. The molecule has 0 amide bonds. The van der Waals surface area contributed by atoms with Crippen molar-refractivity contribution in [2.24, 2.45) is 5.41 Å². The molecule has 0 saturated heterocycles. The molecule has 1 aliphatic rings. The number of aromatic nitrogens is 1. The highest BCUT2D eigenvalue weighted by atomic mass is 16.4. The fourth-order valence-corrected chi connectivity index (χ4v) is 3.35. The van der Waals surface area contributed by atoms with Gasteiger partial charge >= 0.3 is 5.97 Å². The standard InChI is InChI=1S/C16H20N2O3/c19-14(20)10-16(6-2-1-3-7-16)11-18-15-12-5-9-21-13(12)4-8-17-15/h4-5,8-9H,1-3,6-7,10-11H2,(H,17,18)(H,19,20). The molecule has 3 rings (SSSR count). The first-order chi connectivity index (χ1) is 10.2. The fourth-order valence-electron chi connectivity index (χ4n) is 3.35. The van der Waals surface area contributed by atoms with Crippen LogP contribution >= 0.6 is 0 Å². The van der Waals surface area contributed by atoms with Gasteiger partial charge in [0.25, 0.3) is 0 Å². The molecule has 0 unspecified atom stereocenters. The van der Waals surface area contributed by atoms with Crippen molar-refractivity contribution < 1.29 is 14.3 Å². The van der Waals surface area contributed by atoms with E-state index in [2.05, 4.69) is 10.3 Å². The van der Waals surface area contributed by atoms with Gasteiger partial charge in [-0.2, -0.15) is 0 Å². The molecule has 0 spiro atoms. The van der Waals surface area contributed by atoms with Crippen LogP contribution < -0.4 is 5.32 Å². The summed E-state index contributed by atoms with van der Waals surface area (Å²) in [6.07, 6.45) is 8.93. The van der Waals surface area contributed by atoms with E-state index in [1.54, 1.807) is 12.5 Å². The maximum absolute atomic E-state index is 11.2. The van der Waals surface area contributed by atoms with Crippen molar-refractivity contribution in [2.45, 2.75) is 38.5 Å². The van der Waals surface area contributed by atoms with Gasteiger partial charge in [0, 0.05) is 12.7 Å². The number of furan rings is 1. The quantitative estimate of drug-likeness (QED) is 0.878. The number of rotatable bonds is 5. The number of aliphatic carboxylic acids is 1. The van der Waals surface area contributed by atoms with E-state index in [9.17, 15) is 9.90 Å². The predicted molar refractivity (Wildman–Crippen MR) is 80.3 cm³/mol. The maximum atomic E-state index is 11.2. The third kappa shape index (κ3) is 3.01. The van der Waals surface area contributed by atoms with Crippen LogP contribution in [0.25, 0.3) is 11.0 Å². The molecular formula is C16H20N2O3. The van der Waals surface area contributed by atoms with Gasteiger partial charge < -0.3 is 14.8 Å². The van der Waals surface area contributed by atoms with E-state index in [1.807, 2.05) is 12.1 Å². The van der Waals surface area contributed by atoms with Crippen molar-refractivity contribution in [3.63, 3.8) is 0 Å². The van der Waals surface area contributed by atoms with Crippen molar-refractivity contribution >= 4 is 22.8 Å². The van der Waals surface area contributed by atoms with Gasteiger partial charge in [-0.25, -0.2) is 4.98 Å². The minimum Gasteiger partial charge on any atom is -0.481 e. The van der Waals surface area contributed by atoms with Crippen LogP contribution in [0.5, 0.6) is 0 Å². The Balaban J connectivity index is 1.77. The Morgan fingerprint density at radius 3 is 2.90 bits per heavy atom. The molecule has 5 nitrogen and oxygen atoms in total. The van der Waals surface area contributed by atoms with Crippen LogP contribution in [0.15, 0.2) is 29.0 Å². The normalized spacial score (nSPS) is 17.7. The first-order valence-corrected chi connectivity index (χ1v) is 7.46. The van der Waals surface area contributed by atoms with Crippen molar-refractivity contribution in [1.29, 1.82) is 0 Å². The Morgan fingerprint density at radius 2 is 2.14 bits per heavy atom. The summed E-state index contributed by atoms with van der Waals surface area (Å²) in [5.74, 6) is 0.0600. The molecular weight excluding hydrogens is 268 g/mol. The van der Waals surface area contributed by atoms with Crippen LogP contribution in [0.3, 0.4) is 0 Å². The van der Waals surface area contributed by atoms with Gasteiger partial charge in [-0.1, -0.05) is 19.3 Å². The highest BCUT2D eigenvalue weighted by molar-refractivity contribution is 5.87. The average molecular weight is 288 g/mol. The molecule has 0 atom stereocenters. The molecule has 1 fully saturated rings. The lowest BCUT2D eigenvalue weighted by molar-refractivity contribution is -0.140. The summed E-state index contributed by atoms with van der Waals surface area (Å²) in [6, 6.07) is 3.71. The minimum atomic E-state index is -0.715.